The number of anilines is 3. The quantitative estimate of drug-likeness (QED) is 0.223. The SMILES string of the molecule is CC.CC.CC.COc1cc(C)cnc1N1CCC(C(C)C)CC1.Cc1ccc(N2CCC(C(C)C)C2)nc1C.Cc1nc(N2CCC(C(C)C)CC2)ncc1C(C)C. The molecule has 3 fully saturated rings. The maximum absolute atomic E-state index is 5.45. The molecular weight excluding hydrogens is 727 g/mol. The summed E-state index contributed by atoms with van der Waals surface area (Å²) in [6.45, 7) is 45.4. The first-order valence-corrected chi connectivity index (χ1v) is 23.7. The Kier molecular flexibility index (Phi) is 25.6. The van der Waals surface area contributed by atoms with Crippen molar-refractivity contribution in [1.82, 2.24) is 19.9 Å². The number of ether oxygens (including phenoxy) is 1. The summed E-state index contributed by atoms with van der Waals surface area (Å²) in [4.78, 5) is 25.6. The highest BCUT2D eigenvalue weighted by molar-refractivity contribution is 5.53. The Morgan fingerprint density at radius 1 is 0.576 bits per heavy atom. The van der Waals surface area contributed by atoms with Gasteiger partial charge in [0.25, 0.3) is 0 Å². The number of hydrogen-bond donors (Lipinski definition) is 0. The number of nitrogens with zero attached hydrogens (tertiary/aromatic N) is 7. The number of pyridine rings is 2. The molecule has 3 aliphatic heterocycles. The molecule has 0 saturated carbocycles. The Bertz CT molecular complexity index is 1560. The van der Waals surface area contributed by atoms with Crippen molar-refractivity contribution in [2.75, 3.05) is 61.1 Å². The zero-order valence-corrected chi connectivity index (χ0v) is 41.7. The highest BCUT2D eigenvalue weighted by Gasteiger charge is 2.27. The molecule has 0 bridgehead atoms. The van der Waals surface area contributed by atoms with Gasteiger partial charge < -0.3 is 19.4 Å². The molecule has 0 radical (unpaired) electrons. The lowest BCUT2D eigenvalue weighted by atomic mass is 9.87. The summed E-state index contributed by atoms with van der Waals surface area (Å²) in [6, 6.07) is 6.41. The third-order valence-corrected chi connectivity index (χ3v) is 12.2. The van der Waals surface area contributed by atoms with Gasteiger partial charge in [-0.1, -0.05) is 103 Å². The second kappa shape index (κ2) is 28.2. The maximum atomic E-state index is 5.45. The second-order valence-electron chi connectivity index (χ2n) is 17.4. The monoisotopic (exact) mass is 818 g/mol. The van der Waals surface area contributed by atoms with Gasteiger partial charge in [0, 0.05) is 63.1 Å². The van der Waals surface area contributed by atoms with E-state index in [4.69, 9.17) is 9.72 Å². The first-order chi connectivity index (χ1) is 28.2. The Morgan fingerprint density at radius 2 is 1.07 bits per heavy atom. The van der Waals surface area contributed by atoms with E-state index in [1.807, 2.05) is 60.9 Å². The predicted octanol–water partition coefficient (Wildman–Crippen LogP) is 13.3. The van der Waals surface area contributed by atoms with Gasteiger partial charge in [0.05, 0.1) is 7.11 Å². The van der Waals surface area contributed by atoms with Gasteiger partial charge >= 0.3 is 0 Å². The van der Waals surface area contributed by atoms with E-state index >= 15 is 0 Å². The molecule has 0 amide bonds. The molecule has 0 aliphatic carbocycles. The van der Waals surface area contributed by atoms with Crippen molar-refractivity contribution in [3.8, 4) is 5.75 Å². The van der Waals surface area contributed by atoms with E-state index in [1.165, 1.54) is 56.3 Å². The standard InChI is InChI=1S/C16H27N3.C15H24N2O.C14H22N2.3C2H6/c1-11(2)14-6-8-19(9-7-14)16-17-10-15(12(3)4)13(5)18-16;1-11(2)13-5-7-17(8-6-13)15-14(18-4)9-12(3)10-16-15;1-10(2)13-7-8-16(9-13)14-6-5-11(3)12(4)15-14;3*1-2/h10-12,14H,6-9H2,1-5H3;9-11,13H,5-8H2,1-4H3;5-6,10,13H,7-9H2,1-4H3;3*1-2H3. The van der Waals surface area contributed by atoms with Crippen LogP contribution in [0.4, 0.5) is 17.6 Å². The number of aryl methyl sites for hydroxylation is 4. The average molecular weight is 818 g/mol. The van der Waals surface area contributed by atoms with Crippen LogP contribution in [0.1, 0.15) is 163 Å². The highest BCUT2D eigenvalue weighted by Crippen LogP contribution is 2.33. The molecular formula is C51H91N7O. The minimum Gasteiger partial charge on any atom is -0.493 e. The first kappa shape index (κ1) is 53.6. The third-order valence-electron chi connectivity index (χ3n) is 12.2. The fraction of sp³-hybridized carbons (Fsp3) is 0.725. The molecule has 3 aromatic rings. The lowest BCUT2D eigenvalue weighted by Gasteiger charge is -2.35. The number of methoxy groups -OCH3 is 1. The van der Waals surface area contributed by atoms with Gasteiger partial charge in [-0.2, -0.15) is 0 Å². The zero-order chi connectivity index (χ0) is 44.8. The number of piperidine rings is 2. The number of rotatable bonds is 8. The molecule has 6 heterocycles. The Morgan fingerprint density at radius 3 is 1.51 bits per heavy atom. The van der Waals surface area contributed by atoms with Crippen LogP contribution in [0.15, 0.2) is 30.6 Å². The summed E-state index contributed by atoms with van der Waals surface area (Å²) in [6.07, 6.45) is 10.3. The van der Waals surface area contributed by atoms with Crippen LogP contribution >= 0.6 is 0 Å². The van der Waals surface area contributed by atoms with E-state index < -0.39 is 0 Å². The summed E-state index contributed by atoms with van der Waals surface area (Å²) >= 11 is 0. The van der Waals surface area contributed by atoms with Crippen LogP contribution in [-0.4, -0.2) is 66.3 Å². The highest BCUT2D eigenvalue weighted by atomic mass is 16.5. The summed E-state index contributed by atoms with van der Waals surface area (Å²) in [5, 5.41) is 0. The molecule has 1 atom stereocenters. The van der Waals surface area contributed by atoms with E-state index in [0.29, 0.717) is 5.92 Å². The van der Waals surface area contributed by atoms with Gasteiger partial charge in [-0.05, 0) is 130 Å². The molecule has 0 N–H and O–H groups in total. The molecule has 3 aliphatic rings. The van der Waals surface area contributed by atoms with Crippen molar-refractivity contribution in [3.63, 3.8) is 0 Å². The minimum atomic E-state index is 0.501. The van der Waals surface area contributed by atoms with Crippen molar-refractivity contribution in [2.45, 2.75) is 163 Å². The second-order valence-corrected chi connectivity index (χ2v) is 17.4. The van der Waals surface area contributed by atoms with Gasteiger partial charge in [0.1, 0.15) is 5.82 Å². The topological polar surface area (TPSA) is 70.5 Å². The lowest BCUT2D eigenvalue weighted by Crippen LogP contribution is -2.36. The van der Waals surface area contributed by atoms with E-state index in [1.54, 1.807) is 7.11 Å². The fourth-order valence-electron chi connectivity index (χ4n) is 7.98. The molecule has 1 unspecified atom stereocenters. The lowest BCUT2D eigenvalue weighted by molar-refractivity contribution is 0.309. The summed E-state index contributed by atoms with van der Waals surface area (Å²) in [7, 11) is 1.72. The molecule has 8 heteroatoms. The molecule has 3 aromatic heterocycles. The Hall–Kier alpha value is -3.42. The molecule has 6 rings (SSSR count). The average Bonchev–Trinajstić information content (AvgIpc) is 3.76. The number of hydrogen-bond acceptors (Lipinski definition) is 8. The van der Waals surface area contributed by atoms with Crippen molar-refractivity contribution in [2.24, 2.45) is 35.5 Å². The van der Waals surface area contributed by atoms with Crippen LogP contribution in [0.2, 0.25) is 0 Å². The molecule has 0 spiro atoms. The summed E-state index contributed by atoms with van der Waals surface area (Å²) in [5.74, 6) is 9.43. The van der Waals surface area contributed by atoms with Crippen LogP contribution in [0, 0.1) is 63.2 Å². The van der Waals surface area contributed by atoms with Crippen molar-refractivity contribution < 1.29 is 4.74 Å². The van der Waals surface area contributed by atoms with Crippen molar-refractivity contribution >= 4 is 17.6 Å². The van der Waals surface area contributed by atoms with Crippen LogP contribution in [0.25, 0.3) is 0 Å². The smallest absolute Gasteiger partial charge is 0.225 e. The molecule has 8 nitrogen and oxygen atoms in total. The van der Waals surface area contributed by atoms with Gasteiger partial charge in [-0.25, -0.2) is 19.9 Å². The molecule has 59 heavy (non-hydrogen) atoms. The van der Waals surface area contributed by atoms with Gasteiger partial charge in [0.15, 0.2) is 11.6 Å². The third kappa shape index (κ3) is 16.9. The minimum absolute atomic E-state index is 0.501. The van der Waals surface area contributed by atoms with Gasteiger partial charge in [0.2, 0.25) is 5.95 Å². The zero-order valence-electron chi connectivity index (χ0n) is 41.7. The van der Waals surface area contributed by atoms with Crippen molar-refractivity contribution in [3.05, 3.63) is 58.7 Å². The van der Waals surface area contributed by atoms with Crippen LogP contribution in [0.3, 0.4) is 0 Å². The predicted molar refractivity (Wildman–Crippen MR) is 259 cm³/mol. The van der Waals surface area contributed by atoms with Crippen LogP contribution in [-0.2, 0) is 0 Å². The molecule has 0 aromatic carbocycles. The van der Waals surface area contributed by atoms with E-state index in [2.05, 4.69) is 124 Å². The Balaban J connectivity index is 0.000000416. The molecule has 3 saturated heterocycles. The summed E-state index contributed by atoms with van der Waals surface area (Å²) in [5.41, 5.74) is 5.98. The maximum Gasteiger partial charge on any atom is 0.225 e. The van der Waals surface area contributed by atoms with E-state index in [-0.39, 0.29) is 0 Å². The summed E-state index contributed by atoms with van der Waals surface area (Å²) < 4.78 is 5.45. The largest absolute Gasteiger partial charge is 0.493 e. The first-order valence-electron chi connectivity index (χ1n) is 23.7. The van der Waals surface area contributed by atoms with E-state index in [9.17, 15) is 0 Å². The fourth-order valence-corrected chi connectivity index (χ4v) is 7.98. The van der Waals surface area contributed by atoms with Crippen LogP contribution in [0.5, 0.6) is 5.75 Å². The number of aromatic nitrogens is 4. The van der Waals surface area contributed by atoms with Gasteiger partial charge in [-0.15, -0.1) is 0 Å². The normalized spacial score (nSPS) is 16.9. The van der Waals surface area contributed by atoms with Gasteiger partial charge in [-0.3, -0.25) is 0 Å². The van der Waals surface area contributed by atoms with Crippen molar-refractivity contribution in [1.29, 1.82) is 0 Å². The van der Waals surface area contributed by atoms with E-state index in [0.717, 1.165) is 102 Å². The molecule has 336 valence electrons. The Labute approximate surface area is 364 Å². The van der Waals surface area contributed by atoms with Crippen LogP contribution < -0.4 is 19.4 Å².